The van der Waals surface area contributed by atoms with E-state index in [-0.39, 0.29) is 5.91 Å². The second kappa shape index (κ2) is 10.4. The number of hydrogen-bond donors (Lipinski definition) is 2. The Morgan fingerprint density at radius 1 is 1.06 bits per heavy atom. The molecule has 0 bridgehead atoms. The van der Waals surface area contributed by atoms with Crippen molar-refractivity contribution in [3.63, 3.8) is 0 Å². The summed E-state index contributed by atoms with van der Waals surface area (Å²) < 4.78 is 6.92. The summed E-state index contributed by atoms with van der Waals surface area (Å²) in [6, 6.07) is 23.1. The number of nitrogens with two attached hydrogens (primary N) is 1. The largest absolute Gasteiger partial charge is 0.494 e. The van der Waals surface area contributed by atoms with Crippen LogP contribution >= 0.6 is 11.8 Å². The topological polar surface area (TPSA) is 95.1 Å². The second-order valence-electron chi connectivity index (χ2n) is 7.85. The van der Waals surface area contributed by atoms with E-state index in [1.807, 2.05) is 93.6 Å². The first-order valence-electron chi connectivity index (χ1n) is 11.0. The molecule has 0 aliphatic carbocycles. The monoisotopic (exact) mass is 473 g/mol. The average Bonchev–Trinajstić information content (AvgIpc) is 3.21. The number of ether oxygens (including phenoxy) is 1. The highest BCUT2D eigenvalue weighted by Crippen LogP contribution is 2.36. The van der Waals surface area contributed by atoms with Crippen LogP contribution in [-0.2, 0) is 4.79 Å². The van der Waals surface area contributed by atoms with Crippen molar-refractivity contribution in [2.75, 3.05) is 17.8 Å². The maximum absolute atomic E-state index is 13.4. The Labute approximate surface area is 203 Å². The van der Waals surface area contributed by atoms with Crippen molar-refractivity contribution in [2.24, 2.45) is 0 Å². The molecule has 0 fully saturated rings. The number of amides is 1. The number of anilines is 1. The maximum atomic E-state index is 13.4. The van der Waals surface area contributed by atoms with Crippen molar-refractivity contribution >= 4 is 23.4 Å². The first kappa shape index (κ1) is 23.4. The van der Waals surface area contributed by atoms with Gasteiger partial charge in [0.2, 0.25) is 11.1 Å². The molecule has 3 aromatic carbocycles. The smallest absolute Gasteiger partial charge is 0.242 e. The SMILES string of the molecule is CCOc1ccc(-c2nnc(S[C@@H](C(=O)Nc3cc(C)ccc3C)c3ccccc3)n2N)cc1. The van der Waals surface area contributed by atoms with E-state index in [9.17, 15) is 4.79 Å². The van der Waals surface area contributed by atoms with Gasteiger partial charge in [-0.15, -0.1) is 10.2 Å². The van der Waals surface area contributed by atoms with Crippen LogP contribution in [0.5, 0.6) is 5.75 Å². The highest BCUT2D eigenvalue weighted by molar-refractivity contribution is 8.00. The Bertz CT molecular complexity index is 1270. The van der Waals surface area contributed by atoms with Gasteiger partial charge in [0.05, 0.1) is 6.61 Å². The first-order chi connectivity index (χ1) is 16.5. The number of thioether (sulfide) groups is 1. The summed E-state index contributed by atoms with van der Waals surface area (Å²) in [6.07, 6.45) is 0. The van der Waals surface area contributed by atoms with E-state index < -0.39 is 5.25 Å². The van der Waals surface area contributed by atoms with Gasteiger partial charge in [0, 0.05) is 11.3 Å². The fraction of sp³-hybridized carbons (Fsp3) is 0.192. The van der Waals surface area contributed by atoms with Gasteiger partial charge in [-0.25, -0.2) is 4.68 Å². The number of nitrogens with zero attached hydrogens (tertiary/aromatic N) is 3. The van der Waals surface area contributed by atoms with E-state index in [0.29, 0.717) is 17.6 Å². The van der Waals surface area contributed by atoms with Crippen LogP contribution in [0.4, 0.5) is 5.69 Å². The number of nitrogens with one attached hydrogen (secondary N) is 1. The average molecular weight is 474 g/mol. The van der Waals surface area contributed by atoms with Crippen molar-refractivity contribution in [3.8, 4) is 17.1 Å². The predicted molar refractivity (Wildman–Crippen MR) is 136 cm³/mol. The molecule has 1 amide bonds. The third-order valence-electron chi connectivity index (χ3n) is 5.30. The van der Waals surface area contributed by atoms with Crippen LogP contribution in [0.25, 0.3) is 11.4 Å². The zero-order valence-corrected chi connectivity index (χ0v) is 20.2. The predicted octanol–water partition coefficient (Wildman–Crippen LogP) is 5.15. The van der Waals surface area contributed by atoms with E-state index >= 15 is 0 Å². The summed E-state index contributed by atoms with van der Waals surface area (Å²) >= 11 is 1.26. The molecule has 0 aliphatic heterocycles. The normalized spacial score (nSPS) is 11.7. The lowest BCUT2D eigenvalue weighted by Gasteiger charge is -2.17. The summed E-state index contributed by atoms with van der Waals surface area (Å²) in [5.41, 5.74) is 4.51. The zero-order valence-electron chi connectivity index (χ0n) is 19.4. The van der Waals surface area contributed by atoms with E-state index in [0.717, 1.165) is 33.7 Å². The molecule has 0 saturated carbocycles. The van der Waals surface area contributed by atoms with Gasteiger partial charge in [-0.05, 0) is 67.8 Å². The zero-order chi connectivity index (χ0) is 24.1. The molecule has 4 rings (SSSR count). The van der Waals surface area contributed by atoms with Gasteiger partial charge in [0.15, 0.2) is 5.82 Å². The van der Waals surface area contributed by atoms with Crippen LogP contribution in [0.1, 0.15) is 28.9 Å². The van der Waals surface area contributed by atoms with Crippen LogP contribution in [-0.4, -0.2) is 27.4 Å². The third kappa shape index (κ3) is 5.23. The molecule has 174 valence electrons. The number of rotatable bonds is 8. The van der Waals surface area contributed by atoms with Gasteiger partial charge in [-0.2, -0.15) is 0 Å². The van der Waals surface area contributed by atoms with Crippen molar-refractivity contribution in [3.05, 3.63) is 89.5 Å². The fourth-order valence-corrected chi connectivity index (χ4v) is 4.45. The van der Waals surface area contributed by atoms with Crippen molar-refractivity contribution < 1.29 is 9.53 Å². The number of aryl methyl sites for hydroxylation is 2. The van der Waals surface area contributed by atoms with E-state index in [4.69, 9.17) is 10.6 Å². The van der Waals surface area contributed by atoms with Crippen LogP contribution in [0.15, 0.2) is 78.0 Å². The summed E-state index contributed by atoms with van der Waals surface area (Å²) in [5.74, 6) is 7.49. The van der Waals surface area contributed by atoms with Gasteiger partial charge < -0.3 is 15.9 Å². The Balaban J connectivity index is 1.61. The lowest BCUT2D eigenvalue weighted by atomic mass is 10.1. The van der Waals surface area contributed by atoms with Crippen LogP contribution in [0, 0.1) is 13.8 Å². The van der Waals surface area contributed by atoms with Crippen LogP contribution in [0.2, 0.25) is 0 Å². The molecule has 0 aliphatic rings. The maximum Gasteiger partial charge on any atom is 0.242 e. The molecule has 1 aromatic heterocycles. The molecule has 3 N–H and O–H groups in total. The van der Waals surface area contributed by atoms with Gasteiger partial charge in [-0.3, -0.25) is 4.79 Å². The summed E-state index contributed by atoms with van der Waals surface area (Å²) in [6.45, 7) is 6.50. The molecule has 0 radical (unpaired) electrons. The molecule has 0 spiro atoms. The number of nitrogen functional groups attached to an aromatic ring is 1. The highest BCUT2D eigenvalue weighted by Gasteiger charge is 2.26. The minimum absolute atomic E-state index is 0.157. The molecule has 1 heterocycles. The van der Waals surface area contributed by atoms with Crippen molar-refractivity contribution in [1.82, 2.24) is 14.9 Å². The van der Waals surface area contributed by atoms with Gasteiger partial charge in [0.1, 0.15) is 11.0 Å². The van der Waals surface area contributed by atoms with Crippen molar-refractivity contribution in [2.45, 2.75) is 31.2 Å². The quantitative estimate of drug-likeness (QED) is 0.272. The van der Waals surface area contributed by atoms with E-state index in [1.54, 1.807) is 0 Å². The van der Waals surface area contributed by atoms with Crippen molar-refractivity contribution in [1.29, 1.82) is 0 Å². The molecular formula is C26H27N5O2S. The Morgan fingerprint density at radius 2 is 1.79 bits per heavy atom. The minimum atomic E-state index is -0.569. The van der Waals surface area contributed by atoms with E-state index in [1.165, 1.54) is 16.4 Å². The Kier molecular flexibility index (Phi) is 7.18. The minimum Gasteiger partial charge on any atom is -0.494 e. The molecule has 7 nitrogen and oxygen atoms in total. The third-order valence-corrected chi connectivity index (χ3v) is 6.51. The fourth-order valence-electron chi connectivity index (χ4n) is 3.50. The Hall–Kier alpha value is -3.78. The first-order valence-corrected chi connectivity index (χ1v) is 11.9. The molecule has 34 heavy (non-hydrogen) atoms. The molecule has 0 unspecified atom stereocenters. The number of aromatic nitrogens is 3. The van der Waals surface area contributed by atoms with Gasteiger partial charge in [0.25, 0.3) is 0 Å². The number of benzene rings is 3. The van der Waals surface area contributed by atoms with Crippen LogP contribution < -0.4 is 15.9 Å². The lowest BCUT2D eigenvalue weighted by molar-refractivity contribution is -0.115. The summed E-state index contributed by atoms with van der Waals surface area (Å²) in [7, 11) is 0. The number of carbonyl (C=O) groups excluding carboxylic acids is 1. The number of hydrogen-bond acceptors (Lipinski definition) is 6. The summed E-state index contributed by atoms with van der Waals surface area (Å²) in [4.78, 5) is 13.4. The van der Waals surface area contributed by atoms with Crippen LogP contribution in [0.3, 0.4) is 0 Å². The Morgan fingerprint density at radius 3 is 2.50 bits per heavy atom. The highest BCUT2D eigenvalue weighted by atomic mass is 32.2. The molecule has 0 saturated heterocycles. The lowest BCUT2D eigenvalue weighted by Crippen LogP contribution is -2.21. The molecule has 1 atom stereocenters. The molecule has 4 aromatic rings. The number of carbonyl (C=O) groups is 1. The summed E-state index contributed by atoms with van der Waals surface area (Å²) in [5, 5.41) is 11.5. The van der Waals surface area contributed by atoms with Gasteiger partial charge >= 0.3 is 0 Å². The van der Waals surface area contributed by atoms with Gasteiger partial charge in [-0.1, -0.05) is 54.2 Å². The molecule has 8 heteroatoms. The second-order valence-corrected chi connectivity index (χ2v) is 8.92. The standard InChI is InChI=1S/C26H27N5O2S/c1-4-33-21-14-12-20(13-15-21)24-29-30-26(31(24)27)34-23(19-8-6-5-7-9-19)25(32)28-22-16-17(2)10-11-18(22)3/h5-16,23H,4,27H2,1-3H3,(H,28,32)/t23-/m1/s1. The van der Waals surface area contributed by atoms with E-state index in [2.05, 4.69) is 15.5 Å². The molecular weight excluding hydrogens is 446 g/mol.